The molecule has 2 aliphatic heterocycles. The van der Waals surface area contributed by atoms with Crippen LogP contribution in [0.2, 0.25) is 0 Å². The number of amides is 1. The highest BCUT2D eigenvalue weighted by atomic mass is 16.2. The molecule has 4 rings (SSSR count). The van der Waals surface area contributed by atoms with E-state index in [1.807, 2.05) is 17.2 Å². The molecule has 2 aromatic heterocycles. The Kier molecular flexibility index (Phi) is 4.26. The fourth-order valence-corrected chi connectivity index (χ4v) is 3.56. The molecule has 0 radical (unpaired) electrons. The van der Waals surface area contributed by atoms with Crippen molar-refractivity contribution in [3.8, 4) is 0 Å². The minimum Gasteiger partial charge on any atom is -0.332 e. The molecule has 1 fully saturated rings. The topological polar surface area (TPSA) is 86.8 Å². The first kappa shape index (κ1) is 17.1. The van der Waals surface area contributed by atoms with Crippen molar-refractivity contribution < 1.29 is 4.79 Å². The lowest BCUT2D eigenvalue weighted by Gasteiger charge is -2.28. The van der Waals surface area contributed by atoms with Crippen molar-refractivity contribution in [3.05, 3.63) is 40.7 Å². The standard InChI is InChI=1S/C19H26N6O/c1-19(2,3)16-9-15(23-24-16)18(26)25-8-6-13-12(11-25)10-21-17(22-13)14-5-4-7-20-14/h9-10,14,20H,4-8,11H2,1-3H3,(H,23,24)/t14-/m1/s1. The molecular formula is C19H26N6O. The van der Waals surface area contributed by atoms with Gasteiger partial charge in [-0.1, -0.05) is 20.8 Å². The van der Waals surface area contributed by atoms with E-state index in [1.54, 1.807) is 0 Å². The van der Waals surface area contributed by atoms with Gasteiger partial charge in [-0.3, -0.25) is 9.89 Å². The Bertz CT molecular complexity index is 816. The Morgan fingerprint density at radius 2 is 2.19 bits per heavy atom. The van der Waals surface area contributed by atoms with Crippen LogP contribution in [0.15, 0.2) is 12.3 Å². The Morgan fingerprint density at radius 3 is 2.88 bits per heavy atom. The fraction of sp³-hybridized carbons (Fsp3) is 0.579. The first-order valence-corrected chi connectivity index (χ1v) is 9.35. The lowest BCUT2D eigenvalue weighted by Crippen LogP contribution is -2.37. The van der Waals surface area contributed by atoms with Crippen LogP contribution in [0.1, 0.15) is 72.9 Å². The van der Waals surface area contributed by atoms with Gasteiger partial charge >= 0.3 is 0 Å². The zero-order valence-corrected chi connectivity index (χ0v) is 15.7. The van der Waals surface area contributed by atoms with Gasteiger partial charge in [-0.15, -0.1) is 0 Å². The molecule has 1 saturated heterocycles. The summed E-state index contributed by atoms with van der Waals surface area (Å²) in [6.45, 7) is 8.54. The summed E-state index contributed by atoms with van der Waals surface area (Å²) in [4.78, 5) is 24.0. The third-order valence-electron chi connectivity index (χ3n) is 5.22. The van der Waals surface area contributed by atoms with Gasteiger partial charge in [0.1, 0.15) is 11.5 Å². The van der Waals surface area contributed by atoms with Crippen molar-refractivity contribution in [2.75, 3.05) is 13.1 Å². The lowest BCUT2D eigenvalue weighted by molar-refractivity contribution is 0.0727. The summed E-state index contributed by atoms with van der Waals surface area (Å²) in [6.07, 6.45) is 4.92. The Morgan fingerprint density at radius 1 is 1.35 bits per heavy atom. The first-order valence-electron chi connectivity index (χ1n) is 9.35. The molecule has 7 nitrogen and oxygen atoms in total. The molecular weight excluding hydrogens is 328 g/mol. The summed E-state index contributed by atoms with van der Waals surface area (Å²) in [5, 5.41) is 10.7. The van der Waals surface area contributed by atoms with E-state index in [1.165, 1.54) is 6.42 Å². The van der Waals surface area contributed by atoms with Gasteiger partial charge in [0.15, 0.2) is 0 Å². The van der Waals surface area contributed by atoms with Crippen LogP contribution in [0.4, 0.5) is 0 Å². The predicted molar refractivity (Wildman–Crippen MR) is 97.7 cm³/mol. The van der Waals surface area contributed by atoms with Gasteiger partial charge in [-0.2, -0.15) is 5.10 Å². The smallest absolute Gasteiger partial charge is 0.274 e. The van der Waals surface area contributed by atoms with Crippen molar-refractivity contribution in [2.24, 2.45) is 0 Å². The van der Waals surface area contributed by atoms with E-state index < -0.39 is 0 Å². The second kappa shape index (κ2) is 6.46. The molecule has 26 heavy (non-hydrogen) atoms. The highest BCUT2D eigenvalue weighted by Gasteiger charge is 2.27. The maximum absolute atomic E-state index is 12.8. The van der Waals surface area contributed by atoms with Gasteiger partial charge in [-0.25, -0.2) is 9.97 Å². The van der Waals surface area contributed by atoms with E-state index in [0.717, 1.165) is 42.2 Å². The molecule has 2 aromatic rings. The molecule has 1 atom stereocenters. The number of hydrogen-bond acceptors (Lipinski definition) is 5. The second-order valence-corrected chi connectivity index (χ2v) is 8.24. The molecule has 2 N–H and O–H groups in total. The van der Waals surface area contributed by atoms with Crippen LogP contribution >= 0.6 is 0 Å². The van der Waals surface area contributed by atoms with Crippen LogP contribution in [0.25, 0.3) is 0 Å². The molecule has 4 heterocycles. The zero-order valence-electron chi connectivity index (χ0n) is 15.7. The summed E-state index contributed by atoms with van der Waals surface area (Å²) in [7, 11) is 0. The number of rotatable bonds is 2. The predicted octanol–water partition coefficient (Wildman–Crippen LogP) is 2.12. The van der Waals surface area contributed by atoms with Crippen molar-refractivity contribution in [3.63, 3.8) is 0 Å². The normalized spacial score (nSPS) is 20.3. The maximum Gasteiger partial charge on any atom is 0.274 e. The van der Waals surface area contributed by atoms with Crippen LogP contribution in [0.5, 0.6) is 0 Å². The molecule has 138 valence electrons. The molecule has 0 unspecified atom stereocenters. The number of aromatic amines is 1. The number of nitrogens with zero attached hydrogens (tertiary/aromatic N) is 4. The first-order chi connectivity index (χ1) is 12.4. The molecule has 1 amide bonds. The average Bonchev–Trinajstić information content (AvgIpc) is 3.31. The Hall–Kier alpha value is -2.28. The fourth-order valence-electron chi connectivity index (χ4n) is 3.56. The number of carbonyl (C=O) groups excluding carboxylic acids is 1. The van der Waals surface area contributed by atoms with Gasteiger partial charge in [0.05, 0.1) is 11.7 Å². The highest BCUT2D eigenvalue weighted by molar-refractivity contribution is 5.92. The Labute approximate surface area is 153 Å². The van der Waals surface area contributed by atoms with Crippen molar-refractivity contribution in [1.29, 1.82) is 0 Å². The second-order valence-electron chi connectivity index (χ2n) is 8.24. The van der Waals surface area contributed by atoms with Crippen molar-refractivity contribution in [1.82, 2.24) is 30.4 Å². The van der Waals surface area contributed by atoms with Gasteiger partial charge in [-0.05, 0) is 25.5 Å². The number of H-pyrrole nitrogens is 1. The van der Waals surface area contributed by atoms with Crippen LogP contribution < -0.4 is 5.32 Å². The molecule has 0 spiro atoms. The quantitative estimate of drug-likeness (QED) is 0.863. The summed E-state index contributed by atoms with van der Waals surface area (Å²) in [5.74, 6) is 0.854. The van der Waals surface area contributed by atoms with E-state index in [-0.39, 0.29) is 17.4 Å². The van der Waals surface area contributed by atoms with E-state index in [0.29, 0.717) is 18.8 Å². The summed E-state index contributed by atoms with van der Waals surface area (Å²) in [6, 6.07) is 2.14. The zero-order chi connectivity index (χ0) is 18.3. The number of fused-ring (bicyclic) bond motifs is 1. The van der Waals surface area contributed by atoms with Gasteiger partial charge in [0, 0.05) is 42.4 Å². The third-order valence-corrected chi connectivity index (χ3v) is 5.22. The van der Waals surface area contributed by atoms with Crippen molar-refractivity contribution in [2.45, 2.75) is 58.0 Å². The van der Waals surface area contributed by atoms with Crippen LogP contribution in [-0.4, -0.2) is 44.1 Å². The number of nitrogens with one attached hydrogen (secondary N) is 2. The summed E-state index contributed by atoms with van der Waals surface area (Å²) >= 11 is 0. The van der Waals surface area contributed by atoms with Crippen LogP contribution in [0.3, 0.4) is 0 Å². The largest absolute Gasteiger partial charge is 0.332 e. The summed E-state index contributed by atoms with van der Waals surface area (Å²) < 4.78 is 0. The van der Waals surface area contributed by atoms with E-state index >= 15 is 0 Å². The number of aromatic nitrogens is 4. The summed E-state index contributed by atoms with van der Waals surface area (Å²) in [5.41, 5.74) is 3.50. The lowest BCUT2D eigenvalue weighted by atomic mass is 9.92. The monoisotopic (exact) mass is 354 g/mol. The van der Waals surface area contributed by atoms with Crippen molar-refractivity contribution >= 4 is 5.91 Å². The molecule has 7 heteroatoms. The Balaban J connectivity index is 1.49. The molecule has 2 aliphatic rings. The minimum absolute atomic E-state index is 0.0380. The maximum atomic E-state index is 12.8. The van der Waals surface area contributed by atoms with Gasteiger partial charge < -0.3 is 10.2 Å². The molecule has 0 aliphatic carbocycles. The molecule has 0 bridgehead atoms. The van der Waals surface area contributed by atoms with Crippen LogP contribution in [0, 0.1) is 0 Å². The minimum atomic E-state index is -0.0570. The average molecular weight is 354 g/mol. The van der Waals surface area contributed by atoms with E-state index in [4.69, 9.17) is 4.98 Å². The highest BCUT2D eigenvalue weighted by Crippen LogP contribution is 2.25. The SMILES string of the molecule is CC(C)(C)c1cc(C(=O)N2CCc3nc([C@H]4CCCN4)ncc3C2)n[nH]1. The van der Waals surface area contributed by atoms with E-state index in [9.17, 15) is 4.79 Å². The van der Waals surface area contributed by atoms with Crippen LogP contribution in [-0.2, 0) is 18.4 Å². The third kappa shape index (κ3) is 3.23. The molecule has 0 saturated carbocycles. The number of carbonyl (C=O) groups is 1. The van der Waals surface area contributed by atoms with Gasteiger partial charge in [0.2, 0.25) is 0 Å². The number of hydrogen-bond donors (Lipinski definition) is 2. The van der Waals surface area contributed by atoms with Gasteiger partial charge in [0.25, 0.3) is 5.91 Å². The van der Waals surface area contributed by atoms with E-state index in [2.05, 4.69) is 41.3 Å². The molecule has 0 aromatic carbocycles.